The summed E-state index contributed by atoms with van der Waals surface area (Å²) in [5, 5.41) is 18.6. The zero-order valence-corrected chi connectivity index (χ0v) is 10.8. The maximum absolute atomic E-state index is 12.3. The van der Waals surface area contributed by atoms with Crippen LogP contribution in [0.3, 0.4) is 0 Å². The third-order valence-electron chi connectivity index (χ3n) is 3.47. The van der Waals surface area contributed by atoms with Gasteiger partial charge in [0.05, 0.1) is 17.4 Å². The first-order chi connectivity index (χ1) is 9.05. The first-order valence-corrected chi connectivity index (χ1v) is 6.36. The van der Waals surface area contributed by atoms with Crippen molar-refractivity contribution >= 4 is 17.6 Å². The molecule has 7 heteroatoms. The van der Waals surface area contributed by atoms with Crippen LogP contribution in [0.2, 0.25) is 0 Å². The van der Waals surface area contributed by atoms with E-state index in [1.54, 1.807) is 0 Å². The number of amides is 1. The number of aromatic nitrogens is 2. The number of anilines is 1. The predicted molar refractivity (Wildman–Crippen MR) is 68.8 cm³/mol. The van der Waals surface area contributed by atoms with E-state index in [9.17, 15) is 9.59 Å². The van der Waals surface area contributed by atoms with Crippen molar-refractivity contribution < 1.29 is 14.7 Å². The molecule has 0 aromatic carbocycles. The van der Waals surface area contributed by atoms with E-state index in [4.69, 9.17) is 5.11 Å². The normalized spacial score (nSPS) is 22.4. The Kier molecular flexibility index (Phi) is 3.84. The number of carbonyl (C=O) groups is 2. The van der Waals surface area contributed by atoms with Gasteiger partial charge in [-0.2, -0.15) is 5.10 Å². The van der Waals surface area contributed by atoms with E-state index in [0.717, 1.165) is 25.8 Å². The van der Waals surface area contributed by atoms with Gasteiger partial charge in [-0.25, -0.2) is 0 Å². The Balaban J connectivity index is 2.02. The number of carbonyl (C=O) groups excluding carboxylic acids is 1. The average Bonchev–Trinajstić information content (AvgIpc) is 2.98. The second-order valence-electron chi connectivity index (χ2n) is 4.74. The number of hydrogen-bond acceptors (Lipinski definition) is 4. The maximum atomic E-state index is 12.3. The van der Waals surface area contributed by atoms with Gasteiger partial charge < -0.3 is 15.7 Å². The molecule has 1 aliphatic rings. The van der Waals surface area contributed by atoms with E-state index in [1.807, 2.05) is 6.92 Å². The zero-order chi connectivity index (χ0) is 13.9. The minimum atomic E-state index is -0.969. The van der Waals surface area contributed by atoms with Crippen LogP contribution in [-0.4, -0.2) is 38.8 Å². The highest BCUT2D eigenvalue weighted by molar-refractivity contribution is 5.98. The lowest BCUT2D eigenvalue weighted by molar-refractivity contribution is -0.137. The lowest BCUT2D eigenvalue weighted by atomic mass is 9.93. The van der Waals surface area contributed by atoms with Gasteiger partial charge in [0.15, 0.2) is 0 Å². The largest absolute Gasteiger partial charge is 0.480 e. The van der Waals surface area contributed by atoms with Crippen LogP contribution in [0.1, 0.15) is 26.2 Å². The monoisotopic (exact) mass is 266 g/mol. The summed E-state index contributed by atoms with van der Waals surface area (Å²) < 4.78 is 1.28. The molecule has 1 saturated heterocycles. The van der Waals surface area contributed by atoms with Crippen molar-refractivity contribution in [2.75, 3.05) is 11.9 Å². The quantitative estimate of drug-likeness (QED) is 0.718. The smallest absolute Gasteiger partial charge is 0.325 e. The number of hydrogen-bond donors (Lipinski definition) is 3. The summed E-state index contributed by atoms with van der Waals surface area (Å²) >= 11 is 0. The standard InChI is InChI=1S/C12H18N4O3/c1-2-12(4-3-5-13-12)11(19)15-9-6-14-16(7-9)8-10(17)18/h6-7,13H,2-5,8H2,1H3,(H,15,19)(H,17,18). The summed E-state index contributed by atoms with van der Waals surface area (Å²) in [4.78, 5) is 22.8. The van der Waals surface area contributed by atoms with E-state index in [2.05, 4.69) is 15.7 Å². The molecule has 0 aliphatic carbocycles. The number of rotatable bonds is 5. The molecule has 1 amide bonds. The molecule has 1 aromatic heterocycles. The van der Waals surface area contributed by atoms with E-state index in [-0.39, 0.29) is 12.5 Å². The first-order valence-electron chi connectivity index (χ1n) is 6.36. The maximum Gasteiger partial charge on any atom is 0.325 e. The van der Waals surface area contributed by atoms with E-state index >= 15 is 0 Å². The molecule has 0 spiro atoms. The van der Waals surface area contributed by atoms with Crippen LogP contribution in [-0.2, 0) is 16.1 Å². The molecule has 0 radical (unpaired) electrons. The fourth-order valence-electron chi connectivity index (χ4n) is 2.37. The predicted octanol–water partition coefficient (Wildman–Crippen LogP) is 0.438. The summed E-state index contributed by atoms with van der Waals surface area (Å²) in [6.45, 7) is 2.61. The minimum absolute atomic E-state index is 0.0811. The lowest BCUT2D eigenvalue weighted by Gasteiger charge is -2.26. The van der Waals surface area contributed by atoms with Crippen molar-refractivity contribution in [3.05, 3.63) is 12.4 Å². The molecule has 1 atom stereocenters. The van der Waals surface area contributed by atoms with Gasteiger partial charge in [0.25, 0.3) is 0 Å². The van der Waals surface area contributed by atoms with Gasteiger partial charge in [0, 0.05) is 6.20 Å². The van der Waals surface area contributed by atoms with E-state index < -0.39 is 11.5 Å². The van der Waals surface area contributed by atoms with Crippen LogP contribution in [0, 0.1) is 0 Å². The Bertz CT molecular complexity index is 477. The van der Waals surface area contributed by atoms with E-state index in [0.29, 0.717) is 5.69 Å². The molecule has 1 aromatic rings. The zero-order valence-electron chi connectivity index (χ0n) is 10.8. The molecule has 1 fully saturated rings. The molecular formula is C12H18N4O3. The molecule has 7 nitrogen and oxygen atoms in total. The van der Waals surface area contributed by atoms with Crippen molar-refractivity contribution in [1.82, 2.24) is 15.1 Å². The van der Waals surface area contributed by atoms with Gasteiger partial charge in [-0.3, -0.25) is 14.3 Å². The van der Waals surface area contributed by atoms with Crippen molar-refractivity contribution in [3.8, 4) is 0 Å². The third kappa shape index (κ3) is 2.93. The molecule has 104 valence electrons. The van der Waals surface area contributed by atoms with Crippen LogP contribution in [0.25, 0.3) is 0 Å². The second-order valence-corrected chi connectivity index (χ2v) is 4.74. The molecule has 1 aliphatic heterocycles. The minimum Gasteiger partial charge on any atom is -0.480 e. The van der Waals surface area contributed by atoms with Crippen molar-refractivity contribution in [2.24, 2.45) is 0 Å². The highest BCUT2D eigenvalue weighted by Gasteiger charge is 2.39. The highest BCUT2D eigenvalue weighted by Crippen LogP contribution is 2.24. The summed E-state index contributed by atoms with van der Waals surface area (Å²) in [5.41, 5.74) is 0.0160. The molecule has 3 N–H and O–H groups in total. The van der Waals surface area contributed by atoms with E-state index in [1.165, 1.54) is 17.1 Å². The van der Waals surface area contributed by atoms with Gasteiger partial charge in [-0.1, -0.05) is 6.92 Å². The number of nitrogens with zero attached hydrogens (tertiary/aromatic N) is 2. The lowest BCUT2D eigenvalue weighted by Crippen LogP contribution is -2.50. The van der Waals surface area contributed by atoms with Gasteiger partial charge >= 0.3 is 5.97 Å². The summed E-state index contributed by atoms with van der Waals surface area (Å²) in [6.07, 6.45) is 5.50. The SMILES string of the molecule is CCC1(C(=O)Nc2cnn(CC(=O)O)c2)CCCN1. The Hall–Kier alpha value is -1.89. The number of carboxylic acid groups (broad SMARTS) is 1. The second kappa shape index (κ2) is 5.40. The molecule has 0 bridgehead atoms. The number of aliphatic carboxylic acids is 1. The van der Waals surface area contributed by atoms with Crippen LogP contribution < -0.4 is 10.6 Å². The van der Waals surface area contributed by atoms with Crippen LogP contribution in [0.4, 0.5) is 5.69 Å². The highest BCUT2D eigenvalue weighted by atomic mass is 16.4. The Morgan fingerprint density at radius 3 is 3.00 bits per heavy atom. The molecule has 2 rings (SSSR count). The third-order valence-corrected chi connectivity index (χ3v) is 3.47. The topological polar surface area (TPSA) is 96.2 Å². The summed E-state index contributed by atoms with van der Waals surface area (Å²) in [6, 6.07) is 0. The Labute approximate surface area is 111 Å². The molecular weight excluding hydrogens is 248 g/mol. The average molecular weight is 266 g/mol. The number of nitrogens with one attached hydrogen (secondary N) is 2. The van der Waals surface area contributed by atoms with Gasteiger partial charge in [-0.15, -0.1) is 0 Å². The Morgan fingerprint density at radius 2 is 2.42 bits per heavy atom. The Morgan fingerprint density at radius 1 is 1.63 bits per heavy atom. The summed E-state index contributed by atoms with van der Waals surface area (Å²) in [5.74, 6) is -1.05. The summed E-state index contributed by atoms with van der Waals surface area (Å²) in [7, 11) is 0. The van der Waals surface area contributed by atoms with Gasteiger partial charge in [0.1, 0.15) is 6.54 Å². The van der Waals surface area contributed by atoms with Crippen molar-refractivity contribution in [3.63, 3.8) is 0 Å². The van der Waals surface area contributed by atoms with Crippen LogP contribution >= 0.6 is 0 Å². The first kappa shape index (κ1) is 13.5. The molecule has 19 heavy (non-hydrogen) atoms. The fourth-order valence-corrected chi connectivity index (χ4v) is 2.37. The fraction of sp³-hybridized carbons (Fsp3) is 0.583. The van der Waals surface area contributed by atoms with Gasteiger partial charge in [0.2, 0.25) is 5.91 Å². The molecule has 1 unspecified atom stereocenters. The van der Waals surface area contributed by atoms with Crippen molar-refractivity contribution in [1.29, 1.82) is 0 Å². The van der Waals surface area contributed by atoms with Gasteiger partial charge in [-0.05, 0) is 25.8 Å². The van der Waals surface area contributed by atoms with Crippen LogP contribution in [0.5, 0.6) is 0 Å². The van der Waals surface area contributed by atoms with Crippen molar-refractivity contribution in [2.45, 2.75) is 38.3 Å². The molecule has 2 heterocycles. The van der Waals surface area contributed by atoms with Crippen LogP contribution in [0.15, 0.2) is 12.4 Å². The number of carboxylic acids is 1. The molecule has 0 saturated carbocycles.